The molecule has 23 heavy (non-hydrogen) atoms. The van der Waals surface area contributed by atoms with Gasteiger partial charge >= 0.3 is 5.97 Å². The van der Waals surface area contributed by atoms with Crippen LogP contribution in [-0.4, -0.2) is 104 Å². The van der Waals surface area contributed by atoms with E-state index in [4.69, 9.17) is 14.9 Å². The van der Waals surface area contributed by atoms with Gasteiger partial charge in [0.15, 0.2) is 6.10 Å². The van der Waals surface area contributed by atoms with E-state index in [0.29, 0.717) is 0 Å². The predicted octanol–water partition coefficient (Wildman–Crippen LogP) is -4.86. The summed E-state index contributed by atoms with van der Waals surface area (Å²) in [6.07, 6.45) is -11.5. The molecule has 1 aliphatic heterocycles. The van der Waals surface area contributed by atoms with Gasteiger partial charge in [-0.1, -0.05) is 0 Å². The number of rotatable bonds is 7. The maximum absolute atomic E-state index is 11.4. The largest absolute Gasteiger partial charge is 0.480 e. The molecule has 0 saturated carbocycles. The number of carbonyl (C=O) groups is 2. The number of ether oxygens (including phenoxy) is 1. The summed E-state index contributed by atoms with van der Waals surface area (Å²) in [5, 5.41) is 67.7. The van der Waals surface area contributed by atoms with Gasteiger partial charge in [0, 0.05) is 6.42 Å². The Bertz CT molecular complexity index is 417. The van der Waals surface area contributed by atoms with Crippen molar-refractivity contribution in [1.82, 2.24) is 5.32 Å². The highest BCUT2D eigenvalue weighted by atomic mass is 16.5. The Kier molecular flexibility index (Phi) is 7.28. The summed E-state index contributed by atoms with van der Waals surface area (Å²) in [5.74, 6) is -2.47. The highest BCUT2D eigenvalue weighted by Gasteiger charge is 2.44. The standard InChI is InChI=1S/C12H21NO10/c14-3-6-10(20)11(21)9(19)5(23-6)1-4(15)8(18)12(22)13-2-7(16)17/h4-6,8-11,14-15,18-21H,1-3H2,(H,13,22)(H,16,17)/t4?,5?,6-,8?,9-,10?,11?/m1/s1. The van der Waals surface area contributed by atoms with E-state index in [1.807, 2.05) is 5.32 Å². The minimum atomic E-state index is -1.98. The van der Waals surface area contributed by atoms with Gasteiger partial charge in [0.25, 0.3) is 5.91 Å². The van der Waals surface area contributed by atoms with Crippen LogP contribution in [0.4, 0.5) is 0 Å². The lowest BCUT2D eigenvalue weighted by Gasteiger charge is -2.40. The van der Waals surface area contributed by atoms with Crippen molar-refractivity contribution in [2.75, 3.05) is 13.2 Å². The fourth-order valence-corrected chi connectivity index (χ4v) is 2.18. The molecule has 1 rings (SSSR count). The second kappa shape index (κ2) is 8.49. The molecule has 0 spiro atoms. The van der Waals surface area contributed by atoms with Crippen molar-refractivity contribution in [3.05, 3.63) is 0 Å². The number of aliphatic hydroxyl groups is 6. The molecule has 0 aromatic carbocycles. The summed E-state index contributed by atoms with van der Waals surface area (Å²) < 4.78 is 5.12. The average molecular weight is 339 g/mol. The molecular weight excluding hydrogens is 318 g/mol. The van der Waals surface area contributed by atoms with Crippen molar-refractivity contribution in [3.63, 3.8) is 0 Å². The Hall–Kier alpha value is -1.34. The fourth-order valence-electron chi connectivity index (χ4n) is 2.18. The predicted molar refractivity (Wildman–Crippen MR) is 71.0 cm³/mol. The lowest BCUT2D eigenvalue weighted by atomic mass is 9.91. The molecule has 1 saturated heterocycles. The first kappa shape index (κ1) is 19.7. The summed E-state index contributed by atoms with van der Waals surface area (Å²) >= 11 is 0. The first-order valence-electron chi connectivity index (χ1n) is 6.85. The summed E-state index contributed by atoms with van der Waals surface area (Å²) in [6, 6.07) is 0. The van der Waals surface area contributed by atoms with Crippen LogP contribution in [-0.2, 0) is 14.3 Å². The lowest BCUT2D eigenvalue weighted by Crippen LogP contribution is -2.59. The first-order chi connectivity index (χ1) is 10.7. The number of aliphatic hydroxyl groups excluding tert-OH is 6. The number of carboxylic acids is 1. The van der Waals surface area contributed by atoms with Crippen LogP contribution in [0.3, 0.4) is 0 Å². The van der Waals surface area contributed by atoms with Gasteiger partial charge < -0.3 is 45.8 Å². The van der Waals surface area contributed by atoms with Crippen LogP contribution in [0, 0.1) is 0 Å². The van der Waals surface area contributed by atoms with Gasteiger partial charge in [-0.05, 0) is 0 Å². The SMILES string of the molecule is O=C(O)CNC(=O)C(O)C(O)CC1O[C@H](CO)C(O)C(O)[C@@H]1O. The first-order valence-corrected chi connectivity index (χ1v) is 6.85. The zero-order chi connectivity index (χ0) is 17.7. The van der Waals surface area contributed by atoms with Gasteiger partial charge in [0.1, 0.15) is 31.0 Å². The zero-order valence-electron chi connectivity index (χ0n) is 12.0. The number of amides is 1. The molecule has 11 nitrogen and oxygen atoms in total. The number of hydrogen-bond acceptors (Lipinski definition) is 9. The minimum Gasteiger partial charge on any atom is -0.480 e. The quantitative estimate of drug-likeness (QED) is 0.222. The molecule has 5 unspecified atom stereocenters. The van der Waals surface area contributed by atoms with Gasteiger partial charge in [-0.15, -0.1) is 0 Å². The summed E-state index contributed by atoms with van der Waals surface area (Å²) in [6.45, 7) is -1.40. The summed E-state index contributed by atoms with van der Waals surface area (Å²) in [4.78, 5) is 21.7. The van der Waals surface area contributed by atoms with Crippen molar-refractivity contribution >= 4 is 11.9 Å². The van der Waals surface area contributed by atoms with Gasteiger partial charge in [-0.3, -0.25) is 9.59 Å². The summed E-state index contributed by atoms with van der Waals surface area (Å²) in [7, 11) is 0. The third-order valence-electron chi connectivity index (χ3n) is 3.51. The third-order valence-corrected chi connectivity index (χ3v) is 3.51. The number of carboxylic acid groups (broad SMARTS) is 1. The average Bonchev–Trinajstić information content (AvgIpc) is 2.52. The minimum absolute atomic E-state index is 0.497. The van der Waals surface area contributed by atoms with Gasteiger partial charge in [-0.2, -0.15) is 0 Å². The lowest BCUT2D eigenvalue weighted by molar-refractivity contribution is -0.236. The third kappa shape index (κ3) is 5.07. The molecular formula is C12H21NO10. The van der Waals surface area contributed by atoms with Gasteiger partial charge in [-0.25, -0.2) is 0 Å². The van der Waals surface area contributed by atoms with Crippen molar-refractivity contribution in [3.8, 4) is 0 Å². The monoisotopic (exact) mass is 339 g/mol. The Balaban J connectivity index is 2.62. The van der Waals surface area contributed by atoms with Crippen LogP contribution in [0.5, 0.6) is 0 Å². The van der Waals surface area contributed by atoms with Crippen molar-refractivity contribution < 1.29 is 50.1 Å². The van der Waals surface area contributed by atoms with E-state index in [9.17, 15) is 35.1 Å². The van der Waals surface area contributed by atoms with Crippen LogP contribution in [0.15, 0.2) is 0 Å². The fraction of sp³-hybridized carbons (Fsp3) is 0.833. The second-order valence-electron chi connectivity index (χ2n) is 5.23. The Morgan fingerprint density at radius 3 is 2.13 bits per heavy atom. The van der Waals surface area contributed by atoms with Crippen LogP contribution in [0.1, 0.15) is 6.42 Å². The van der Waals surface area contributed by atoms with Crippen molar-refractivity contribution in [2.45, 2.75) is 49.1 Å². The topological polar surface area (TPSA) is 197 Å². The van der Waals surface area contributed by atoms with E-state index in [2.05, 4.69) is 0 Å². The van der Waals surface area contributed by atoms with E-state index in [1.165, 1.54) is 0 Å². The zero-order valence-corrected chi connectivity index (χ0v) is 12.0. The van der Waals surface area contributed by atoms with Crippen LogP contribution in [0.25, 0.3) is 0 Å². The molecule has 1 aliphatic rings. The number of nitrogens with one attached hydrogen (secondary N) is 1. The molecule has 7 atom stereocenters. The Morgan fingerprint density at radius 1 is 1.04 bits per heavy atom. The smallest absolute Gasteiger partial charge is 0.322 e. The number of hydrogen-bond donors (Lipinski definition) is 8. The molecule has 0 aromatic heterocycles. The maximum atomic E-state index is 11.4. The van der Waals surface area contributed by atoms with Gasteiger partial charge in [0.2, 0.25) is 0 Å². The highest BCUT2D eigenvalue weighted by Crippen LogP contribution is 2.24. The van der Waals surface area contributed by atoms with Gasteiger partial charge in [0.05, 0.1) is 18.8 Å². The Morgan fingerprint density at radius 2 is 1.61 bits per heavy atom. The Labute approximate surface area is 130 Å². The summed E-state index contributed by atoms with van der Waals surface area (Å²) in [5.41, 5.74) is 0. The normalized spacial score (nSPS) is 33.7. The number of carbonyl (C=O) groups excluding carboxylic acids is 1. The van der Waals surface area contributed by atoms with Crippen LogP contribution >= 0.6 is 0 Å². The maximum Gasteiger partial charge on any atom is 0.322 e. The van der Waals surface area contributed by atoms with E-state index in [1.54, 1.807) is 0 Å². The molecule has 0 bridgehead atoms. The molecule has 11 heteroatoms. The van der Waals surface area contributed by atoms with Crippen molar-refractivity contribution in [2.24, 2.45) is 0 Å². The van der Waals surface area contributed by atoms with E-state index >= 15 is 0 Å². The molecule has 8 N–H and O–H groups in total. The molecule has 0 aliphatic carbocycles. The number of aliphatic carboxylic acids is 1. The molecule has 1 fully saturated rings. The van der Waals surface area contributed by atoms with Crippen LogP contribution < -0.4 is 5.32 Å². The molecule has 134 valence electrons. The van der Waals surface area contributed by atoms with Crippen LogP contribution in [0.2, 0.25) is 0 Å². The highest BCUT2D eigenvalue weighted by molar-refractivity contribution is 5.84. The van der Waals surface area contributed by atoms with E-state index < -0.39 is 74.2 Å². The van der Waals surface area contributed by atoms with E-state index in [-0.39, 0.29) is 0 Å². The second-order valence-corrected chi connectivity index (χ2v) is 5.23. The molecule has 1 amide bonds. The van der Waals surface area contributed by atoms with Crippen molar-refractivity contribution in [1.29, 1.82) is 0 Å². The molecule has 0 radical (unpaired) electrons. The van der Waals surface area contributed by atoms with E-state index in [0.717, 1.165) is 0 Å². The molecule has 1 heterocycles. The molecule has 0 aromatic rings.